The van der Waals surface area contributed by atoms with Crippen molar-refractivity contribution < 1.29 is 18.7 Å². The first-order chi connectivity index (χ1) is 14.6. The summed E-state index contributed by atoms with van der Waals surface area (Å²) in [7, 11) is 1.37. The lowest BCUT2D eigenvalue weighted by molar-refractivity contribution is 0.102. The van der Waals surface area contributed by atoms with Crippen molar-refractivity contribution in [3.05, 3.63) is 47.9 Å². The molecular weight excluding hydrogens is 387 g/mol. The number of nitrogens with one attached hydrogen (secondary N) is 1. The first-order valence-corrected chi connectivity index (χ1v) is 10.3. The van der Waals surface area contributed by atoms with Crippen LogP contribution in [0.2, 0.25) is 0 Å². The Morgan fingerprint density at radius 3 is 2.63 bits per heavy atom. The van der Waals surface area contributed by atoms with Crippen LogP contribution in [0.4, 0.5) is 20.7 Å². The minimum Gasteiger partial charge on any atom is -0.494 e. The average Bonchev–Trinajstić information content (AvgIpc) is 3.16. The summed E-state index contributed by atoms with van der Waals surface area (Å²) in [5, 5.41) is 2.69. The van der Waals surface area contributed by atoms with E-state index in [0.29, 0.717) is 30.6 Å². The SMILES string of the molecule is COc1ccc(C(=O)Nc2ccc(N3CCN(C4CCCCC4)C3=O)nc2)cc1F. The van der Waals surface area contributed by atoms with Gasteiger partial charge < -0.3 is 15.0 Å². The molecule has 2 aliphatic rings. The van der Waals surface area contributed by atoms with Crippen LogP contribution in [0.5, 0.6) is 5.75 Å². The monoisotopic (exact) mass is 412 g/mol. The van der Waals surface area contributed by atoms with E-state index >= 15 is 0 Å². The molecule has 30 heavy (non-hydrogen) atoms. The molecule has 0 unspecified atom stereocenters. The highest BCUT2D eigenvalue weighted by Gasteiger charge is 2.35. The number of amides is 3. The number of nitrogens with zero attached hydrogens (tertiary/aromatic N) is 3. The van der Waals surface area contributed by atoms with E-state index in [4.69, 9.17) is 4.74 Å². The molecule has 2 fully saturated rings. The fraction of sp³-hybridized carbons (Fsp3) is 0.409. The van der Waals surface area contributed by atoms with E-state index in [1.54, 1.807) is 17.0 Å². The Kier molecular flexibility index (Phi) is 5.83. The summed E-state index contributed by atoms with van der Waals surface area (Å²) in [4.78, 5) is 33.2. The van der Waals surface area contributed by atoms with Gasteiger partial charge in [-0.1, -0.05) is 19.3 Å². The largest absolute Gasteiger partial charge is 0.494 e. The van der Waals surface area contributed by atoms with Gasteiger partial charge in [0.05, 0.1) is 19.0 Å². The number of halogens is 1. The Morgan fingerprint density at radius 1 is 1.17 bits per heavy atom. The van der Waals surface area contributed by atoms with E-state index < -0.39 is 11.7 Å². The third-order valence-corrected chi connectivity index (χ3v) is 5.75. The summed E-state index contributed by atoms with van der Waals surface area (Å²) < 4.78 is 18.7. The first kappa shape index (κ1) is 20.1. The minimum absolute atomic E-state index is 0.0000985. The van der Waals surface area contributed by atoms with Crippen LogP contribution in [0.25, 0.3) is 0 Å². The van der Waals surface area contributed by atoms with E-state index in [0.717, 1.165) is 18.9 Å². The van der Waals surface area contributed by atoms with Crippen molar-refractivity contribution in [1.82, 2.24) is 9.88 Å². The molecule has 0 radical (unpaired) electrons. The Labute approximate surface area is 174 Å². The smallest absolute Gasteiger partial charge is 0.326 e. The van der Waals surface area contributed by atoms with Gasteiger partial charge in [-0.25, -0.2) is 14.2 Å². The van der Waals surface area contributed by atoms with E-state index in [2.05, 4.69) is 10.3 Å². The molecule has 1 aromatic carbocycles. The maximum Gasteiger partial charge on any atom is 0.326 e. The van der Waals surface area contributed by atoms with Gasteiger partial charge in [0.2, 0.25) is 0 Å². The lowest BCUT2D eigenvalue weighted by Gasteiger charge is -2.30. The zero-order valence-electron chi connectivity index (χ0n) is 16.9. The number of benzene rings is 1. The second-order valence-corrected chi connectivity index (χ2v) is 7.63. The molecule has 0 bridgehead atoms. The van der Waals surface area contributed by atoms with E-state index in [9.17, 15) is 14.0 Å². The van der Waals surface area contributed by atoms with Gasteiger partial charge in [-0.05, 0) is 43.2 Å². The molecule has 2 aromatic rings. The van der Waals surface area contributed by atoms with Gasteiger partial charge >= 0.3 is 6.03 Å². The van der Waals surface area contributed by atoms with Crippen LogP contribution < -0.4 is 15.0 Å². The Bertz CT molecular complexity index is 928. The van der Waals surface area contributed by atoms with Gasteiger partial charge in [-0.3, -0.25) is 9.69 Å². The standard InChI is InChI=1S/C22H25FN4O3/c1-30-19-9-7-15(13-18(19)23)21(28)25-16-8-10-20(24-14-16)27-12-11-26(22(27)29)17-5-3-2-4-6-17/h7-10,13-14,17H,2-6,11-12H2,1H3,(H,25,28). The van der Waals surface area contributed by atoms with Crippen molar-refractivity contribution in [3.63, 3.8) is 0 Å². The number of rotatable bonds is 5. The Balaban J connectivity index is 1.40. The zero-order chi connectivity index (χ0) is 21.1. The number of hydrogen-bond donors (Lipinski definition) is 1. The molecule has 1 saturated heterocycles. The maximum absolute atomic E-state index is 13.8. The van der Waals surface area contributed by atoms with Crippen molar-refractivity contribution in [2.24, 2.45) is 0 Å². The molecule has 1 aromatic heterocycles. The number of anilines is 2. The lowest BCUT2D eigenvalue weighted by atomic mass is 9.94. The van der Waals surface area contributed by atoms with Crippen LogP contribution in [-0.2, 0) is 0 Å². The van der Waals surface area contributed by atoms with E-state index in [1.165, 1.54) is 44.7 Å². The highest BCUT2D eigenvalue weighted by molar-refractivity contribution is 6.04. The zero-order valence-corrected chi connectivity index (χ0v) is 16.9. The molecule has 3 amide bonds. The fourth-order valence-electron chi connectivity index (χ4n) is 4.13. The third kappa shape index (κ3) is 4.08. The molecule has 158 valence electrons. The second-order valence-electron chi connectivity index (χ2n) is 7.63. The van der Waals surface area contributed by atoms with Gasteiger partial charge in [0.1, 0.15) is 5.82 Å². The van der Waals surface area contributed by atoms with Crippen molar-refractivity contribution in [1.29, 1.82) is 0 Å². The second kappa shape index (κ2) is 8.69. The summed E-state index contributed by atoms with van der Waals surface area (Å²) in [6, 6.07) is 7.76. The molecule has 1 saturated carbocycles. The highest BCUT2D eigenvalue weighted by atomic mass is 19.1. The minimum atomic E-state index is -0.603. The fourth-order valence-corrected chi connectivity index (χ4v) is 4.13. The summed E-state index contributed by atoms with van der Waals surface area (Å²) in [6.07, 6.45) is 7.26. The van der Waals surface area contributed by atoms with Crippen LogP contribution in [0.3, 0.4) is 0 Å². The Hall–Kier alpha value is -3.16. The predicted molar refractivity (Wildman–Crippen MR) is 111 cm³/mol. The number of aromatic nitrogens is 1. The van der Waals surface area contributed by atoms with E-state index in [1.807, 2.05) is 4.90 Å². The molecule has 7 nitrogen and oxygen atoms in total. The van der Waals surface area contributed by atoms with E-state index in [-0.39, 0.29) is 17.3 Å². The molecular formula is C22H25FN4O3. The molecule has 1 aliphatic heterocycles. The van der Waals surface area contributed by atoms with Crippen LogP contribution in [0.15, 0.2) is 36.5 Å². The number of urea groups is 1. The van der Waals surface area contributed by atoms with Crippen molar-refractivity contribution in [3.8, 4) is 5.75 Å². The molecule has 0 atom stereocenters. The van der Waals surface area contributed by atoms with Gasteiger partial charge in [0.25, 0.3) is 5.91 Å². The summed E-state index contributed by atoms with van der Waals surface area (Å²) >= 11 is 0. The van der Waals surface area contributed by atoms with Gasteiger partial charge in [-0.15, -0.1) is 0 Å². The Morgan fingerprint density at radius 2 is 1.97 bits per heavy atom. The van der Waals surface area contributed by atoms with Gasteiger partial charge in [-0.2, -0.15) is 0 Å². The van der Waals surface area contributed by atoms with Crippen LogP contribution in [0, 0.1) is 5.82 Å². The third-order valence-electron chi connectivity index (χ3n) is 5.75. The molecule has 0 spiro atoms. The molecule has 4 rings (SSSR count). The van der Waals surface area contributed by atoms with Crippen molar-refractivity contribution >= 4 is 23.4 Å². The first-order valence-electron chi connectivity index (χ1n) is 10.3. The highest BCUT2D eigenvalue weighted by Crippen LogP contribution is 2.28. The molecule has 1 N–H and O–H groups in total. The van der Waals surface area contributed by atoms with Crippen LogP contribution in [0.1, 0.15) is 42.5 Å². The topological polar surface area (TPSA) is 74.8 Å². The quantitative estimate of drug-likeness (QED) is 0.804. The molecule has 8 heteroatoms. The van der Waals surface area contributed by atoms with Gasteiger partial charge in [0, 0.05) is 24.7 Å². The number of pyridine rings is 1. The molecule has 2 heterocycles. The number of carbonyl (C=O) groups excluding carboxylic acids is 2. The van der Waals surface area contributed by atoms with Crippen LogP contribution >= 0.6 is 0 Å². The number of hydrogen-bond acceptors (Lipinski definition) is 4. The van der Waals surface area contributed by atoms with Crippen molar-refractivity contribution in [2.75, 3.05) is 30.4 Å². The van der Waals surface area contributed by atoms with Gasteiger partial charge in [0.15, 0.2) is 11.6 Å². The maximum atomic E-state index is 13.8. The summed E-state index contributed by atoms with van der Waals surface area (Å²) in [5.74, 6) is -0.414. The molecule has 1 aliphatic carbocycles. The van der Waals surface area contributed by atoms with Crippen molar-refractivity contribution in [2.45, 2.75) is 38.1 Å². The average molecular weight is 412 g/mol. The lowest BCUT2D eigenvalue weighted by Crippen LogP contribution is -2.40. The summed E-state index contributed by atoms with van der Waals surface area (Å²) in [5.41, 5.74) is 0.644. The summed E-state index contributed by atoms with van der Waals surface area (Å²) in [6.45, 7) is 1.33. The number of ether oxygens (including phenoxy) is 1. The normalized spacial score (nSPS) is 17.3. The van der Waals surface area contributed by atoms with Crippen LogP contribution in [-0.4, -0.2) is 48.1 Å². The number of carbonyl (C=O) groups is 2. The number of methoxy groups -OCH3 is 1. The predicted octanol–water partition coefficient (Wildman–Crippen LogP) is 4.06.